The molecule has 6 rings (SSSR count). The second-order valence-corrected chi connectivity index (χ2v) is 10.1. The van der Waals surface area contributed by atoms with Crippen LogP contribution in [0.3, 0.4) is 0 Å². The van der Waals surface area contributed by atoms with E-state index in [-0.39, 0.29) is 24.5 Å². The molecule has 8 heteroatoms. The Morgan fingerprint density at radius 2 is 1.97 bits per heavy atom. The predicted octanol–water partition coefficient (Wildman–Crippen LogP) is 3.91. The Morgan fingerprint density at radius 1 is 1.17 bits per heavy atom. The van der Waals surface area contributed by atoms with Crippen LogP contribution in [0.15, 0.2) is 53.9 Å². The minimum atomic E-state index is -0.250. The zero-order valence-corrected chi connectivity index (χ0v) is 20.6. The number of hydrogen-bond acceptors (Lipinski definition) is 5. The SMILES string of the molecule is Cc1csc(CCNC(=O)Cn2c3c(c4ccccc42)CCN2C(=O)c4ccccc4N(C)C32)n1. The molecule has 35 heavy (non-hydrogen) atoms. The molecule has 0 radical (unpaired) electrons. The third-order valence-electron chi connectivity index (χ3n) is 7.03. The average Bonchev–Trinajstić information content (AvgIpc) is 3.43. The Morgan fingerprint density at radius 3 is 2.80 bits per heavy atom. The molecular weight excluding hydrogens is 458 g/mol. The van der Waals surface area contributed by atoms with Crippen molar-refractivity contribution in [3.8, 4) is 0 Å². The highest BCUT2D eigenvalue weighted by Crippen LogP contribution is 2.44. The molecule has 4 heterocycles. The second kappa shape index (κ2) is 8.53. The number of thiazole rings is 1. The molecule has 1 atom stereocenters. The maximum absolute atomic E-state index is 13.4. The van der Waals surface area contributed by atoms with Crippen molar-refractivity contribution >= 4 is 39.7 Å². The number of aromatic nitrogens is 2. The van der Waals surface area contributed by atoms with E-state index in [1.54, 1.807) is 11.3 Å². The first-order valence-electron chi connectivity index (χ1n) is 11.9. The highest BCUT2D eigenvalue weighted by molar-refractivity contribution is 7.09. The van der Waals surface area contributed by atoms with Crippen molar-refractivity contribution in [2.45, 2.75) is 32.5 Å². The van der Waals surface area contributed by atoms with Crippen LogP contribution in [-0.4, -0.2) is 46.4 Å². The lowest BCUT2D eigenvalue weighted by Crippen LogP contribution is -2.51. The van der Waals surface area contributed by atoms with Gasteiger partial charge in [0, 0.05) is 48.5 Å². The van der Waals surface area contributed by atoms with Crippen LogP contribution in [0.4, 0.5) is 5.69 Å². The maximum atomic E-state index is 13.4. The van der Waals surface area contributed by atoms with Crippen LogP contribution in [0.25, 0.3) is 10.9 Å². The molecule has 1 N–H and O–H groups in total. The number of benzene rings is 2. The van der Waals surface area contributed by atoms with Crippen LogP contribution in [0, 0.1) is 6.92 Å². The summed E-state index contributed by atoms with van der Waals surface area (Å²) in [6, 6.07) is 16.0. The number of carbonyl (C=O) groups excluding carboxylic acids is 2. The number of rotatable bonds is 5. The van der Waals surface area contributed by atoms with Gasteiger partial charge in [-0.25, -0.2) is 4.98 Å². The van der Waals surface area contributed by atoms with E-state index >= 15 is 0 Å². The summed E-state index contributed by atoms with van der Waals surface area (Å²) in [5.41, 5.74) is 5.96. The monoisotopic (exact) mass is 485 g/mol. The van der Waals surface area contributed by atoms with Crippen molar-refractivity contribution in [3.63, 3.8) is 0 Å². The largest absolute Gasteiger partial charge is 0.354 e. The molecule has 4 aromatic rings. The first-order chi connectivity index (χ1) is 17.0. The van der Waals surface area contributed by atoms with Gasteiger partial charge in [0.15, 0.2) is 0 Å². The summed E-state index contributed by atoms with van der Waals surface area (Å²) >= 11 is 1.62. The van der Waals surface area contributed by atoms with E-state index in [4.69, 9.17) is 0 Å². The van der Waals surface area contributed by atoms with Crippen LogP contribution >= 0.6 is 11.3 Å². The number of hydrogen-bond donors (Lipinski definition) is 1. The minimum absolute atomic E-state index is 0.0378. The van der Waals surface area contributed by atoms with E-state index in [1.807, 2.05) is 60.6 Å². The maximum Gasteiger partial charge on any atom is 0.257 e. The fourth-order valence-electron chi connectivity index (χ4n) is 5.50. The van der Waals surface area contributed by atoms with E-state index in [0.29, 0.717) is 13.1 Å². The van der Waals surface area contributed by atoms with Gasteiger partial charge in [-0.1, -0.05) is 30.3 Å². The van der Waals surface area contributed by atoms with E-state index in [0.717, 1.165) is 51.4 Å². The summed E-state index contributed by atoms with van der Waals surface area (Å²) in [6.45, 7) is 3.39. The molecule has 0 aliphatic carbocycles. The highest BCUT2D eigenvalue weighted by atomic mass is 32.1. The van der Waals surface area contributed by atoms with Gasteiger partial charge in [0.25, 0.3) is 5.91 Å². The van der Waals surface area contributed by atoms with Crippen molar-refractivity contribution < 1.29 is 9.59 Å². The Balaban J connectivity index is 1.35. The number of amides is 2. The van der Waals surface area contributed by atoms with Crippen molar-refractivity contribution in [2.75, 3.05) is 25.0 Å². The molecule has 2 aromatic heterocycles. The average molecular weight is 486 g/mol. The van der Waals surface area contributed by atoms with Gasteiger partial charge in [-0.05, 0) is 37.1 Å². The van der Waals surface area contributed by atoms with Gasteiger partial charge in [0.05, 0.1) is 22.0 Å². The molecule has 7 nitrogen and oxygen atoms in total. The van der Waals surface area contributed by atoms with Crippen molar-refractivity contribution in [1.29, 1.82) is 0 Å². The van der Waals surface area contributed by atoms with Crippen molar-refractivity contribution in [2.24, 2.45) is 0 Å². The van der Waals surface area contributed by atoms with E-state index in [1.165, 1.54) is 5.56 Å². The van der Waals surface area contributed by atoms with Gasteiger partial charge < -0.3 is 19.7 Å². The fourth-order valence-corrected chi connectivity index (χ4v) is 6.28. The molecule has 178 valence electrons. The zero-order valence-electron chi connectivity index (χ0n) is 19.8. The number of para-hydroxylation sites is 2. The van der Waals surface area contributed by atoms with Gasteiger partial charge in [-0.2, -0.15) is 0 Å². The molecule has 0 bridgehead atoms. The summed E-state index contributed by atoms with van der Waals surface area (Å²) in [6.07, 6.45) is 1.24. The first kappa shape index (κ1) is 21.9. The molecule has 0 saturated heterocycles. The summed E-state index contributed by atoms with van der Waals surface area (Å²) in [7, 11) is 2.04. The molecule has 0 fully saturated rings. The van der Waals surface area contributed by atoms with Crippen molar-refractivity contribution in [3.05, 3.63) is 81.4 Å². The minimum Gasteiger partial charge on any atom is -0.354 e. The van der Waals surface area contributed by atoms with Crippen molar-refractivity contribution in [1.82, 2.24) is 19.8 Å². The van der Waals surface area contributed by atoms with E-state index in [2.05, 4.69) is 31.9 Å². The van der Waals surface area contributed by atoms with Crippen LogP contribution in [-0.2, 0) is 24.2 Å². The quantitative estimate of drug-likeness (QED) is 0.465. The first-order valence-corrected chi connectivity index (χ1v) is 12.8. The zero-order chi connectivity index (χ0) is 24.1. The van der Waals surface area contributed by atoms with Crippen LogP contribution < -0.4 is 10.2 Å². The Labute approximate surface area is 208 Å². The number of anilines is 1. The summed E-state index contributed by atoms with van der Waals surface area (Å²) in [5, 5.41) is 7.29. The van der Waals surface area contributed by atoms with Gasteiger partial charge in [-0.15, -0.1) is 11.3 Å². The van der Waals surface area contributed by atoms with Gasteiger partial charge in [0.2, 0.25) is 5.91 Å². The Kier molecular flexibility index (Phi) is 5.33. The second-order valence-electron chi connectivity index (χ2n) is 9.20. The van der Waals surface area contributed by atoms with Gasteiger partial charge in [0.1, 0.15) is 12.7 Å². The third kappa shape index (κ3) is 3.60. The lowest BCUT2D eigenvalue weighted by molar-refractivity contribution is -0.121. The molecule has 0 saturated carbocycles. The van der Waals surface area contributed by atoms with E-state index < -0.39 is 0 Å². The third-order valence-corrected chi connectivity index (χ3v) is 8.06. The lowest BCUT2D eigenvalue weighted by atomic mass is 9.96. The molecule has 2 aromatic carbocycles. The molecule has 0 spiro atoms. The number of nitrogens with one attached hydrogen (secondary N) is 1. The molecule has 2 amide bonds. The number of nitrogens with zero attached hydrogens (tertiary/aromatic N) is 4. The predicted molar refractivity (Wildman–Crippen MR) is 138 cm³/mol. The summed E-state index contributed by atoms with van der Waals surface area (Å²) in [4.78, 5) is 35.1. The Hall–Kier alpha value is -3.65. The lowest BCUT2D eigenvalue weighted by Gasteiger charge is -2.46. The number of carbonyl (C=O) groups is 2. The van der Waals surface area contributed by atoms with Gasteiger partial charge in [-0.3, -0.25) is 9.59 Å². The molecule has 2 aliphatic rings. The van der Waals surface area contributed by atoms with Crippen LogP contribution in [0.5, 0.6) is 0 Å². The normalized spacial score (nSPS) is 16.7. The van der Waals surface area contributed by atoms with Crippen LogP contribution in [0.2, 0.25) is 0 Å². The fraction of sp³-hybridized carbons (Fsp3) is 0.296. The molecule has 2 aliphatic heterocycles. The highest BCUT2D eigenvalue weighted by Gasteiger charge is 2.42. The van der Waals surface area contributed by atoms with Gasteiger partial charge >= 0.3 is 0 Å². The summed E-state index contributed by atoms with van der Waals surface area (Å²) in [5.74, 6) is 0.0125. The molecular formula is C27H27N5O2S. The smallest absolute Gasteiger partial charge is 0.257 e. The molecule has 1 unspecified atom stereocenters. The van der Waals surface area contributed by atoms with Crippen LogP contribution in [0.1, 0.15) is 38.5 Å². The standard InChI is InChI=1S/C27H27N5O2S/c1-17-16-35-24(29-17)11-13-28-23(33)15-32-22-10-6-3-7-18(22)19-12-14-31-26(25(19)32)30(2)21-9-5-4-8-20(21)27(31)34/h3-10,16,26H,11-15H2,1-2H3,(H,28,33). The Bertz CT molecular complexity index is 1460. The number of fused-ring (bicyclic) bond motifs is 6. The summed E-state index contributed by atoms with van der Waals surface area (Å²) < 4.78 is 2.11. The number of aryl methyl sites for hydroxylation is 1. The van der Waals surface area contributed by atoms with E-state index in [9.17, 15) is 9.59 Å². The topological polar surface area (TPSA) is 70.5 Å².